The summed E-state index contributed by atoms with van der Waals surface area (Å²) in [5.41, 5.74) is 0.627. The van der Waals surface area contributed by atoms with Crippen LogP contribution in [0.1, 0.15) is 6.92 Å². The van der Waals surface area contributed by atoms with Gasteiger partial charge in [0.1, 0.15) is 11.5 Å². The lowest BCUT2D eigenvalue weighted by atomic mass is 10.1. The van der Waals surface area contributed by atoms with Crippen LogP contribution in [-0.4, -0.2) is 12.7 Å². The van der Waals surface area contributed by atoms with Gasteiger partial charge in [-0.3, -0.25) is 5.32 Å². The topological polar surface area (TPSA) is 47.6 Å². The van der Waals surface area contributed by atoms with Gasteiger partial charge in [0.2, 0.25) is 0 Å². The summed E-state index contributed by atoms with van der Waals surface area (Å²) in [7, 11) is 0. The van der Waals surface area contributed by atoms with Crippen molar-refractivity contribution in [1.29, 1.82) is 0 Å². The highest BCUT2D eigenvalue weighted by molar-refractivity contribution is 5.88. The molecule has 4 nitrogen and oxygen atoms in total. The molecule has 3 rings (SSSR count). The van der Waals surface area contributed by atoms with Crippen LogP contribution >= 0.6 is 0 Å². The van der Waals surface area contributed by atoms with Gasteiger partial charge in [0.05, 0.1) is 6.61 Å². The minimum absolute atomic E-state index is 0.502. The number of carbonyl (C=O) groups is 1. The third-order valence-corrected chi connectivity index (χ3v) is 3.32. The molecule has 0 heterocycles. The molecule has 0 aliphatic carbocycles. The number of anilines is 1. The standard InChI is InChI=1S/C19H17NO3/c1-2-22-17-9-5-8-16(13-17)20-19(21)23-18-11-10-14-6-3-4-7-15(14)12-18/h3-13H,2H2,1H3,(H,20,21). The summed E-state index contributed by atoms with van der Waals surface area (Å²) in [6.07, 6.45) is -0.533. The van der Waals surface area contributed by atoms with Crippen LogP contribution in [0, 0.1) is 0 Å². The van der Waals surface area contributed by atoms with Gasteiger partial charge < -0.3 is 9.47 Å². The molecule has 0 bridgehead atoms. The first-order valence-electron chi connectivity index (χ1n) is 7.45. The molecule has 23 heavy (non-hydrogen) atoms. The molecule has 0 spiro atoms. The van der Waals surface area contributed by atoms with Crippen molar-refractivity contribution >= 4 is 22.6 Å². The number of rotatable bonds is 4. The average molecular weight is 307 g/mol. The molecule has 3 aromatic carbocycles. The third-order valence-electron chi connectivity index (χ3n) is 3.32. The maximum Gasteiger partial charge on any atom is 0.417 e. The molecule has 4 heteroatoms. The second-order valence-corrected chi connectivity index (χ2v) is 4.98. The van der Waals surface area contributed by atoms with E-state index in [1.54, 1.807) is 18.2 Å². The van der Waals surface area contributed by atoms with E-state index in [0.29, 0.717) is 23.8 Å². The Morgan fingerprint density at radius 2 is 1.74 bits per heavy atom. The highest BCUT2D eigenvalue weighted by atomic mass is 16.6. The summed E-state index contributed by atoms with van der Waals surface area (Å²) in [5, 5.41) is 4.82. The second-order valence-electron chi connectivity index (χ2n) is 4.98. The van der Waals surface area contributed by atoms with E-state index in [4.69, 9.17) is 9.47 Å². The van der Waals surface area contributed by atoms with Gasteiger partial charge in [-0.15, -0.1) is 0 Å². The molecule has 0 aromatic heterocycles. The van der Waals surface area contributed by atoms with E-state index in [2.05, 4.69) is 5.32 Å². The normalized spacial score (nSPS) is 10.3. The second kappa shape index (κ2) is 6.83. The Morgan fingerprint density at radius 1 is 0.913 bits per heavy atom. The first-order valence-corrected chi connectivity index (χ1v) is 7.45. The molecule has 0 unspecified atom stereocenters. The zero-order chi connectivity index (χ0) is 16.1. The van der Waals surface area contributed by atoms with Crippen molar-refractivity contribution in [1.82, 2.24) is 0 Å². The smallest absolute Gasteiger partial charge is 0.417 e. The lowest BCUT2D eigenvalue weighted by Crippen LogP contribution is -2.16. The molecule has 3 aromatic rings. The van der Waals surface area contributed by atoms with Crippen LogP contribution in [0.2, 0.25) is 0 Å². The molecule has 1 N–H and O–H groups in total. The lowest BCUT2D eigenvalue weighted by Gasteiger charge is -2.09. The van der Waals surface area contributed by atoms with Crippen LogP contribution in [0.15, 0.2) is 66.7 Å². The highest BCUT2D eigenvalue weighted by Gasteiger charge is 2.06. The van der Waals surface area contributed by atoms with Gasteiger partial charge in [0.25, 0.3) is 0 Å². The number of amides is 1. The number of benzene rings is 3. The number of hydrogen-bond donors (Lipinski definition) is 1. The monoisotopic (exact) mass is 307 g/mol. The number of ether oxygens (including phenoxy) is 2. The van der Waals surface area contributed by atoms with Crippen LogP contribution in [-0.2, 0) is 0 Å². The summed E-state index contributed by atoms with van der Waals surface area (Å²) in [4.78, 5) is 12.0. The van der Waals surface area contributed by atoms with E-state index in [-0.39, 0.29) is 0 Å². The summed E-state index contributed by atoms with van der Waals surface area (Å²) in [5.74, 6) is 1.21. The molecule has 0 atom stereocenters. The van der Waals surface area contributed by atoms with Crippen molar-refractivity contribution < 1.29 is 14.3 Å². The third kappa shape index (κ3) is 3.80. The van der Waals surface area contributed by atoms with Gasteiger partial charge in [-0.2, -0.15) is 0 Å². The van der Waals surface area contributed by atoms with Crippen molar-refractivity contribution in [2.75, 3.05) is 11.9 Å². The van der Waals surface area contributed by atoms with Crippen molar-refractivity contribution in [3.8, 4) is 11.5 Å². The molecule has 0 saturated carbocycles. The van der Waals surface area contributed by atoms with Crippen LogP contribution in [0.3, 0.4) is 0 Å². The molecule has 0 fully saturated rings. The molecule has 1 amide bonds. The number of nitrogens with one attached hydrogen (secondary N) is 1. The van der Waals surface area contributed by atoms with Gasteiger partial charge in [0.15, 0.2) is 0 Å². The van der Waals surface area contributed by atoms with E-state index < -0.39 is 6.09 Å². The summed E-state index contributed by atoms with van der Waals surface area (Å²) >= 11 is 0. The maximum absolute atomic E-state index is 12.0. The SMILES string of the molecule is CCOc1cccc(NC(=O)Oc2ccc3ccccc3c2)c1. The van der Waals surface area contributed by atoms with Gasteiger partial charge in [-0.1, -0.05) is 36.4 Å². The first kappa shape index (κ1) is 14.9. The Morgan fingerprint density at radius 3 is 2.57 bits per heavy atom. The van der Waals surface area contributed by atoms with Crippen molar-refractivity contribution in [2.45, 2.75) is 6.92 Å². The van der Waals surface area contributed by atoms with Gasteiger partial charge >= 0.3 is 6.09 Å². The molecular weight excluding hydrogens is 290 g/mol. The zero-order valence-corrected chi connectivity index (χ0v) is 12.8. The maximum atomic E-state index is 12.0. The molecule has 0 aliphatic rings. The van der Waals surface area contributed by atoms with E-state index in [0.717, 1.165) is 10.8 Å². The van der Waals surface area contributed by atoms with Gasteiger partial charge in [-0.25, -0.2) is 4.79 Å². The van der Waals surface area contributed by atoms with Crippen LogP contribution in [0.25, 0.3) is 10.8 Å². The largest absolute Gasteiger partial charge is 0.494 e. The molecule has 0 aliphatic heterocycles. The summed E-state index contributed by atoms with van der Waals surface area (Å²) < 4.78 is 10.7. The van der Waals surface area contributed by atoms with Gasteiger partial charge in [-0.05, 0) is 42.0 Å². The predicted molar refractivity (Wildman–Crippen MR) is 91.2 cm³/mol. The molecule has 0 radical (unpaired) electrons. The Kier molecular flexibility index (Phi) is 4.43. The van der Waals surface area contributed by atoms with Crippen molar-refractivity contribution in [3.05, 3.63) is 66.7 Å². The Labute approximate surface area is 134 Å². The fourth-order valence-corrected chi connectivity index (χ4v) is 2.31. The average Bonchev–Trinajstić information content (AvgIpc) is 2.55. The Balaban J connectivity index is 1.69. The van der Waals surface area contributed by atoms with E-state index in [9.17, 15) is 4.79 Å². The van der Waals surface area contributed by atoms with Gasteiger partial charge in [0, 0.05) is 11.8 Å². The summed E-state index contributed by atoms with van der Waals surface area (Å²) in [6.45, 7) is 2.49. The van der Waals surface area contributed by atoms with Crippen LogP contribution < -0.4 is 14.8 Å². The minimum Gasteiger partial charge on any atom is -0.494 e. The molecule has 0 saturated heterocycles. The Bertz CT molecular complexity index is 829. The number of fused-ring (bicyclic) bond motifs is 1. The van der Waals surface area contributed by atoms with Crippen LogP contribution in [0.4, 0.5) is 10.5 Å². The first-order chi connectivity index (χ1) is 11.2. The molecular formula is C19H17NO3. The summed E-state index contributed by atoms with van der Waals surface area (Å²) in [6, 6.07) is 20.6. The predicted octanol–water partition coefficient (Wildman–Crippen LogP) is 4.85. The minimum atomic E-state index is -0.533. The van der Waals surface area contributed by atoms with E-state index >= 15 is 0 Å². The van der Waals surface area contributed by atoms with E-state index in [1.165, 1.54) is 0 Å². The van der Waals surface area contributed by atoms with Crippen molar-refractivity contribution in [3.63, 3.8) is 0 Å². The quantitative estimate of drug-likeness (QED) is 0.749. The molecule has 116 valence electrons. The van der Waals surface area contributed by atoms with Crippen molar-refractivity contribution in [2.24, 2.45) is 0 Å². The van der Waals surface area contributed by atoms with E-state index in [1.807, 2.05) is 55.5 Å². The lowest BCUT2D eigenvalue weighted by molar-refractivity contribution is 0.215. The number of hydrogen-bond acceptors (Lipinski definition) is 3. The Hall–Kier alpha value is -3.01. The highest BCUT2D eigenvalue weighted by Crippen LogP contribution is 2.22. The fourth-order valence-electron chi connectivity index (χ4n) is 2.31. The zero-order valence-electron chi connectivity index (χ0n) is 12.8. The van der Waals surface area contributed by atoms with Crippen LogP contribution in [0.5, 0.6) is 11.5 Å². The fraction of sp³-hybridized carbons (Fsp3) is 0.105. The number of carbonyl (C=O) groups excluding carboxylic acids is 1.